The van der Waals surface area contributed by atoms with E-state index in [1.807, 2.05) is 30.3 Å². The third-order valence-electron chi connectivity index (χ3n) is 3.99. The van der Waals surface area contributed by atoms with E-state index >= 15 is 0 Å². The Morgan fingerprint density at radius 3 is 2.26 bits per heavy atom. The van der Waals surface area contributed by atoms with Crippen LogP contribution in [0.5, 0.6) is 0 Å². The van der Waals surface area contributed by atoms with E-state index in [-0.39, 0.29) is 13.2 Å². The van der Waals surface area contributed by atoms with Crippen LogP contribution in [-0.4, -0.2) is 49.3 Å². The van der Waals surface area contributed by atoms with Crippen molar-refractivity contribution >= 4 is 11.9 Å². The molecule has 1 aromatic rings. The zero-order valence-corrected chi connectivity index (χ0v) is 15.8. The summed E-state index contributed by atoms with van der Waals surface area (Å²) in [6, 6.07) is 9.53. The van der Waals surface area contributed by atoms with Crippen LogP contribution in [0.3, 0.4) is 0 Å². The Balaban J connectivity index is 2.25. The molecule has 0 saturated carbocycles. The van der Waals surface area contributed by atoms with Gasteiger partial charge in [0, 0.05) is 13.8 Å². The zero-order valence-electron chi connectivity index (χ0n) is 15.8. The van der Waals surface area contributed by atoms with Gasteiger partial charge in [0.05, 0.1) is 19.3 Å². The molecule has 0 N–H and O–H groups in total. The van der Waals surface area contributed by atoms with Gasteiger partial charge in [-0.3, -0.25) is 9.59 Å². The van der Waals surface area contributed by atoms with Crippen molar-refractivity contribution in [2.24, 2.45) is 0 Å². The lowest BCUT2D eigenvalue weighted by molar-refractivity contribution is -0.306. The first kappa shape index (κ1) is 21.1. The van der Waals surface area contributed by atoms with Crippen LogP contribution in [0.1, 0.15) is 26.3 Å². The van der Waals surface area contributed by atoms with Crippen LogP contribution in [0.4, 0.5) is 0 Å². The van der Waals surface area contributed by atoms with E-state index in [1.54, 1.807) is 13.0 Å². The van der Waals surface area contributed by atoms with Gasteiger partial charge in [0.15, 0.2) is 18.5 Å². The molecule has 1 saturated heterocycles. The Hall–Kier alpha value is -2.22. The molecule has 1 aliphatic rings. The molecule has 0 bridgehead atoms. The molecule has 1 aromatic carbocycles. The summed E-state index contributed by atoms with van der Waals surface area (Å²) in [5, 5.41) is 0. The summed E-state index contributed by atoms with van der Waals surface area (Å²) >= 11 is 0. The lowest BCUT2D eigenvalue weighted by atomic mass is 9.98. The molecule has 1 fully saturated rings. The summed E-state index contributed by atoms with van der Waals surface area (Å²) in [5.41, 5.74) is 0.934. The topological polar surface area (TPSA) is 80.3 Å². The second-order valence-electron chi connectivity index (χ2n) is 6.24. The van der Waals surface area contributed by atoms with E-state index in [4.69, 9.17) is 23.7 Å². The fraction of sp³-hybridized carbons (Fsp3) is 0.500. The summed E-state index contributed by atoms with van der Waals surface area (Å²) in [5.74, 6) is -1.01. The molecule has 7 nitrogen and oxygen atoms in total. The Bertz CT molecular complexity index is 630. The van der Waals surface area contributed by atoms with Crippen LogP contribution >= 0.6 is 0 Å². The lowest BCUT2D eigenvalue weighted by Gasteiger charge is -2.43. The molecule has 0 spiro atoms. The van der Waals surface area contributed by atoms with Gasteiger partial charge in [-0.15, -0.1) is 6.58 Å². The Morgan fingerprint density at radius 1 is 1.04 bits per heavy atom. The van der Waals surface area contributed by atoms with E-state index in [1.165, 1.54) is 13.8 Å². The minimum atomic E-state index is -0.867. The highest BCUT2D eigenvalue weighted by Crippen LogP contribution is 2.29. The van der Waals surface area contributed by atoms with Crippen LogP contribution in [0.25, 0.3) is 0 Å². The van der Waals surface area contributed by atoms with Crippen molar-refractivity contribution in [2.45, 2.75) is 58.1 Å². The number of carbonyl (C=O) groups is 2. The molecule has 0 aromatic heterocycles. The Morgan fingerprint density at radius 2 is 1.67 bits per heavy atom. The van der Waals surface area contributed by atoms with Crippen molar-refractivity contribution < 1.29 is 33.3 Å². The summed E-state index contributed by atoms with van der Waals surface area (Å²) in [6.07, 6.45) is -2.23. The normalized spacial score (nSPS) is 27.6. The quantitative estimate of drug-likeness (QED) is 0.507. The first-order chi connectivity index (χ1) is 12.9. The van der Waals surface area contributed by atoms with Gasteiger partial charge in [-0.25, -0.2) is 0 Å². The Kier molecular flexibility index (Phi) is 7.97. The number of ether oxygens (including phenoxy) is 5. The number of rotatable bonds is 8. The minimum absolute atomic E-state index is 0.230. The van der Waals surface area contributed by atoms with Gasteiger partial charge in [0.2, 0.25) is 0 Å². The minimum Gasteiger partial charge on any atom is -0.456 e. The van der Waals surface area contributed by atoms with E-state index in [2.05, 4.69) is 6.58 Å². The molecule has 0 amide bonds. The maximum atomic E-state index is 11.7. The molecule has 7 heteroatoms. The highest BCUT2D eigenvalue weighted by molar-refractivity contribution is 5.67. The highest BCUT2D eigenvalue weighted by Gasteiger charge is 2.49. The average molecular weight is 378 g/mol. The van der Waals surface area contributed by atoms with Crippen molar-refractivity contribution in [1.29, 1.82) is 0 Å². The number of carbonyl (C=O) groups excluding carboxylic acids is 2. The largest absolute Gasteiger partial charge is 0.456 e. The standard InChI is InChI=1S/C20H26O7/c1-5-11-23-20-19(24-12-16-9-7-6-8-10-16)18(27-15(4)22)17(13(2)25-20)26-14(3)21/h5-10,13,17-20H,1,11-12H2,2-4H3/t13-,17+,18+,19-,20-/m0/s1. The Labute approximate surface area is 159 Å². The smallest absolute Gasteiger partial charge is 0.303 e. The van der Waals surface area contributed by atoms with Gasteiger partial charge in [0.25, 0.3) is 0 Å². The molecule has 1 aliphatic heterocycles. The van der Waals surface area contributed by atoms with Crippen molar-refractivity contribution in [3.05, 3.63) is 48.6 Å². The number of hydrogen-bond donors (Lipinski definition) is 0. The van der Waals surface area contributed by atoms with E-state index < -0.39 is 42.6 Å². The maximum Gasteiger partial charge on any atom is 0.303 e. The molecular formula is C20H26O7. The number of esters is 2. The van der Waals surface area contributed by atoms with E-state index in [0.717, 1.165) is 5.56 Å². The lowest BCUT2D eigenvalue weighted by Crippen LogP contribution is -2.60. The van der Waals surface area contributed by atoms with Crippen molar-refractivity contribution in [1.82, 2.24) is 0 Å². The average Bonchev–Trinajstić information content (AvgIpc) is 2.62. The predicted octanol–water partition coefficient (Wildman–Crippen LogP) is 2.38. The fourth-order valence-electron chi connectivity index (χ4n) is 2.89. The SMILES string of the molecule is C=CCO[C@H]1O[C@@H](C)[C@@H](OC(C)=O)[C@@H](OC(C)=O)[C@@H]1OCc1ccccc1. The van der Waals surface area contributed by atoms with Crippen molar-refractivity contribution in [3.8, 4) is 0 Å². The zero-order chi connectivity index (χ0) is 19.8. The maximum absolute atomic E-state index is 11.7. The van der Waals surface area contributed by atoms with Crippen LogP contribution in [-0.2, 0) is 39.9 Å². The molecule has 0 unspecified atom stereocenters. The van der Waals surface area contributed by atoms with Crippen molar-refractivity contribution in [2.75, 3.05) is 6.61 Å². The summed E-state index contributed by atoms with van der Waals surface area (Å²) in [7, 11) is 0. The van der Waals surface area contributed by atoms with E-state index in [9.17, 15) is 9.59 Å². The van der Waals surface area contributed by atoms with Crippen LogP contribution in [0, 0.1) is 0 Å². The van der Waals surface area contributed by atoms with Gasteiger partial charge in [-0.2, -0.15) is 0 Å². The molecule has 1 heterocycles. The fourth-order valence-corrected chi connectivity index (χ4v) is 2.89. The third-order valence-corrected chi connectivity index (χ3v) is 3.99. The summed E-state index contributed by atoms with van der Waals surface area (Å²) < 4.78 is 28.3. The second-order valence-corrected chi connectivity index (χ2v) is 6.24. The van der Waals surface area contributed by atoms with Crippen LogP contribution in [0.15, 0.2) is 43.0 Å². The summed E-state index contributed by atoms with van der Waals surface area (Å²) in [4.78, 5) is 23.2. The molecule has 2 rings (SSSR count). The van der Waals surface area contributed by atoms with Crippen molar-refractivity contribution in [3.63, 3.8) is 0 Å². The van der Waals surface area contributed by atoms with E-state index in [0.29, 0.717) is 0 Å². The van der Waals surface area contributed by atoms with Gasteiger partial charge in [-0.1, -0.05) is 36.4 Å². The van der Waals surface area contributed by atoms with Crippen LogP contribution < -0.4 is 0 Å². The van der Waals surface area contributed by atoms with Gasteiger partial charge < -0.3 is 23.7 Å². The predicted molar refractivity (Wildman–Crippen MR) is 96.6 cm³/mol. The molecule has 27 heavy (non-hydrogen) atoms. The number of benzene rings is 1. The second kappa shape index (κ2) is 10.2. The first-order valence-electron chi connectivity index (χ1n) is 8.80. The monoisotopic (exact) mass is 378 g/mol. The third kappa shape index (κ3) is 6.16. The first-order valence-corrected chi connectivity index (χ1v) is 8.80. The number of hydrogen-bond acceptors (Lipinski definition) is 7. The van der Waals surface area contributed by atoms with Crippen LogP contribution in [0.2, 0.25) is 0 Å². The molecule has 5 atom stereocenters. The highest BCUT2D eigenvalue weighted by atomic mass is 16.7. The molecular weight excluding hydrogens is 352 g/mol. The van der Waals surface area contributed by atoms with Gasteiger partial charge in [-0.05, 0) is 12.5 Å². The van der Waals surface area contributed by atoms with Gasteiger partial charge >= 0.3 is 11.9 Å². The molecule has 0 radical (unpaired) electrons. The summed E-state index contributed by atoms with van der Waals surface area (Å²) in [6.45, 7) is 8.41. The molecule has 0 aliphatic carbocycles. The van der Waals surface area contributed by atoms with Gasteiger partial charge in [0.1, 0.15) is 6.10 Å². The molecule has 148 valence electrons.